The van der Waals surface area contributed by atoms with Crippen LogP contribution in [0.4, 0.5) is 11.4 Å². The number of piperidine rings is 1. The van der Waals surface area contributed by atoms with Crippen molar-refractivity contribution in [3.8, 4) is 0 Å². The van der Waals surface area contributed by atoms with Crippen LogP contribution in [-0.2, 0) is 9.59 Å². The van der Waals surface area contributed by atoms with Gasteiger partial charge in [0, 0.05) is 17.3 Å². The summed E-state index contributed by atoms with van der Waals surface area (Å²) >= 11 is 0. The van der Waals surface area contributed by atoms with Crippen LogP contribution < -0.4 is 10.6 Å². The topological polar surface area (TPSA) is 61.4 Å². The van der Waals surface area contributed by atoms with E-state index in [2.05, 4.69) is 15.5 Å². The molecule has 1 heterocycles. The van der Waals surface area contributed by atoms with Gasteiger partial charge in [0.25, 0.3) is 0 Å². The second kappa shape index (κ2) is 8.82. The van der Waals surface area contributed by atoms with Gasteiger partial charge in [-0.2, -0.15) is 0 Å². The van der Waals surface area contributed by atoms with Gasteiger partial charge < -0.3 is 10.6 Å². The standard InChI is InChI=1S/C22H27N3O2/c1-16-7-6-8-17(2)21(16)24-20(26)15-25-13-11-18(12-14-25)22(27)23-19-9-4-3-5-10-19/h3-10,18H,11-15H2,1-2H3,(H,23,27)(H,24,26). The summed E-state index contributed by atoms with van der Waals surface area (Å²) in [5, 5.41) is 6.01. The highest BCUT2D eigenvalue weighted by molar-refractivity contribution is 5.94. The minimum atomic E-state index is -0.000382. The number of para-hydroxylation sites is 2. The van der Waals surface area contributed by atoms with Crippen molar-refractivity contribution in [2.24, 2.45) is 5.92 Å². The van der Waals surface area contributed by atoms with E-state index < -0.39 is 0 Å². The van der Waals surface area contributed by atoms with Crippen molar-refractivity contribution >= 4 is 23.2 Å². The molecule has 3 rings (SSSR count). The maximum absolute atomic E-state index is 12.4. The zero-order chi connectivity index (χ0) is 19.2. The zero-order valence-corrected chi connectivity index (χ0v) is 16.0. The van der Waals surface area contributed by atoms with Crippen molar-refractivity contribution in [3.63, 3.8) is 0 Å². The quantitative estimate of drug-likeness (QED) is 0.851. The molecule has 0 bridgehead atoms. The summed E-state index contributed by atoms with van der Waals surface area (Å²) in [5.41, 5.74) is 3.87. The molecule has 2 aromatic rings. The van der Waals surface area contributed by atoms with Gasteiger partial charge in [-0.3, -0.25) is 14.5 Å². The average molecular weight is 365 g/mol. The molecule has 2 aromatic carbocycles. The third-order valence-electron chi connectivity index (χ3n) is 5.11. The molecular formula is C22H27N3O2. The van der Waals surface area contributed by atoms with E-state index in [0.717, 1.165) is 48.4 Å². The van der Waals surface area contributed by atoms with E-state index in [1.165, 1.54) is 0 Å². The van der Waals surface area contributed by atoms with E-state index in [0.29, 0.717) is 6.54 Å². The first-order valence-corrected chi connectivity index (χ1v) is 9.47. The lowest BCUT2D eigenvalue weighted by Gasteiger charge is -2.30. The zero-order valence-electron chi connectivity index (χ0n) is 16.0. The summed E-state index contributed by atoms with van der Waals surface area (Å²) in [6, 6.07) is 15.5. The number of nitrogens with zero attached hydrogens (tertiary/aromatic N) is 1. The molecule has 0 radical (unpaired) electrons. The lowest BCUT2D eigenvalue weighted by atomic mass is 9.95. The number of hydrogen-bond donors (Lipinski definition) is 2. The van der Waals surface area contributed by atoms with E-state index in [1.807, 2.05) is 62.4 Å². The lowest BCUT2D eigenvalue weighted by molar-refractivity contribution is -0.121. The first-order chi connectivity index (χ1) is 13.0. The Morgan fingerprint density at radius 3 is 2.19 bits per heavy atom. The number of nitrogens with one attached hydrogen (secondary N) is 2. The van der Waals surface area contributed by atoms with Gasteiger partial charge in [0.15, 0.2) is 0 Å². The minimum absolute atomic E-state index is 0.000382. The Morgan fingerprint density at radius 1 is 0.926 bits per heavy atom. The van der Waals surface area contributed by atoms with E-state index >= 15 is 0 Å². The molecule has 5 heteroatoms. The van der Waals surface area contributed by atoms with Gasteiger partial charge >= 0.3 is 0 Å². The van der Waals surface area contributed by atoms with E-state index in [1.54, 1.807) is 0 Å². The number of rotatable bonds is 5. The second-order valence-corrected chi connectivity index (χ2v) is 7.22. The fraction of sp³-hybridized carbons (Fsp3) is 0.364. The Morgan fingerprint density at radius 2 is 1.56 bits per heavy atom. The highest BCUT2D eigenvalue weighted by Gasteiger charge is 2.26. The molecular weight excluding hydrogens is 338 g/mol. The summed E-state index contributed by atoms with van der Waals surface area (Å²) in [6.45, 7) is 5.87. The summed E-state index contributed by atoms with van der Waals surface area (Å²) in [5.74, 6) is 0.0727. The molecule has 0 atom stereocenters. The van der Waals surface area contributed by atoms with Crippen molar-refractivity contribution in [2.75, 3.05) is 30.3 Å². The van der Waals surface area contributed by atoms with Gasteiger partial charge in [-0.1, -0.05) is 36.4 Å². The predicted molar refractivity (Wildman–Crippen MR) is 109 cm³/mol. The number of benzene rings is 2. The maximum Gasteiger partial charge on any atom is 0.238 e. The monoisotopic (exact) mass is 365 g/mol. The Labute approximate surface area is 160 Å². The minimum Gasteiger partial charge on any atom is -0.326 e. The number of carbonyl (C=O) groups is 2. The Bertz CT molecular complexity index is 776. The van der Waals surface area contributed by atoms with Crippen molar-refractivity contribution in [1.29, 1.82) is 0 Å². The summed E-state index contributed by atoms with van der Waals surface area (Å²) in [4.78, 5) is 26.9. The SMILES string of the molecule is Cc1cccc(C)c1NC(=O)CN1CCC(C(=O)Nc2ccccc2)CC1. The number of likely N-dealkylation sites (tertiary alicyclic amines) is 1. The molecule has 0 saturated carbocycles. The van der Waals surface area contributed by atoms with Crippen molar-refractivity contribution < 1.29 is 9.59 Å². The number of aryl methyl sites for hydroxylation is 2. The summed E-state index contributed by atoms with van der Waals surface area (Å²) < 4.78 is 0. The van der Waals surface area contributed by atoms with E-state index in [-0.39, 0.29) is 17.7 Å². The van der Waals surface area contributed by atoms with Gasteiger partial charge in [-0.05, 0) is 63.0 Å². The molecule has 0 aliphatic carbocycles. The first kappa shape index (κ1) is 19.1. The van der Waals surface area contributed by atoms with Crippen LogP contribution in [0.5, 0.6) is 0 Å². The molecule has 1 aliphatic heterocycles. The van der Waals surface area contributed by atoms with E-state index in [4.69, 9.17) is 0 Å². The van der Waals surface area contributed by atoms with Gasteiger partial charge in [0.05, 0.1) is 6.54 Å². The van der Waals surface area contributed by atoms with Crippen molar-refractivity contribution in [2.45, 2.75) is 26.7 Å². The number of anilines is 2. The second-order valence-electron chi connectivity index (χ2n) is 7.22. The highest BCUT2D eigenvalue weighted by atomic mass is 16.2. The average Bonchev–Trinajstić information content (AvgIpc) is 2.66. The molecule has 0 unspecified atom stereocenters. The fourth-order valence-electron chi connectivity index (χ4n) is 3.51. The van der Waals surface area contributed by atoms with Gasteiger partial charge in [0.1, 0.15) is 0 Å². The molecule has 0 spiro atoms. The molecule has 2 N–H and O–H groups in total. The van der Waals surface area contributed by atoms with Crippen LogP contribution in [0.15, 0.2) is 48.5 Å². The van der Waals surface area contributed by atoms with Crippen molar-refractivity contribution in [3.05, 3.63) is 59.7 Å². The van der Waals surface area contributed by atoms with Crippen LogP contribution in [-0.4, -0.2) is 36.3 Å². The Kier molecular flexibility index (Phi) is 6.24. The van der Waals surface area contributed by atoms with Crippen LogP contribution in [0.1, 0.15) is 24.0 Å². The van der Waals surface area contributed by atoms with Crippen LogP contribution >= 0.6 is 0 Å². The number of carbonyl (C=O) groups excluding carboxylic acids is 2. The molecule has 5 nitrogen and oxygen atoms in total. The molecule has 1 aliphatic rings. The van der Waals surface area contributed by atoms with Gasteiger partial charge in [-0.25, -0.2) is 0 Å². The molecule has 1 fully saturated rings. The van der Waals surface area contributed by atoms with Gasteiger partial charge in [0.2, 0.25) is 11.8 Å². The third kappa shape index (κ3) is 5.17. The lowest BCUT2D eigenvalue weighted by Crippen LogP contribution is -2.41. The van der Waals surface area contributed by atoms with Gasteiger partial charge in [-0.15, -0.1) is 0 Å². The number of amides is 2. The Hall–Kier alpha value is -2.66. The largest absolute Gasteiger partial charge is 0.326 e. The van der Waals surface area contributed by atoms with Crippen LogP contribution in [0.3, 0.4) is 0 Å². The number of hydrogen-bond acceptors (Lipinski definition) is 3. The Balaban J connectivity index is 1.46. The predicted octanol–water partition coefficient (Wildman–Crippen LogP) is 3.59. The molecule has 27 heavy (non-hydrogen) atoms. The van der Waals surface area contributed by atoms with E-state index in [9.17, 15) is 9.59 Å². The maximum atomic E-state index is 12.4. The normalized spacial score (nSPS) is 15.3. The smallest absolute Gasteiger partial charge is 0.238 e. The fourth-order valence-corrected chi connectivity index (χ4v) is 3.51. The molecule has 0 aromatic heterocycles. The molecule has 1 saturated heterocycles. The summed E-state index contributed by atoms with van der Waals surface area (Å²) in [6.07, 6.45) is 1.55. The van der Waals surface area contributed by atoms with Crippen molar-refractivity contribution in [1.82, 2.24) is 4.90 Å². The highest BCUT2D eigenvalue weighted by Crippen LogP contribution is 2.21. The first-order valence-electron chi connectivity index (χ1n) is 9.47. The summed E-state index contributed by atoms with van der Waals surface area (Å²) in [7, 11) is 0. The van der Waals surface area contributed by atoms with Crippen LogP contribution in [0, 0.1) is 19.8 Å². The molecule has 142 valence electrons. The van der Waals surface area contributed by atoms with Crippen LogP contribution in [0.25, 0.3) is 0 Å². The third-order valence-corrected chi connectivity index (χ3v) is 5.11. The van der Waals surface area contributed by atoms with Crippen LogP contribution in [0.2, 0.25) is 0 Å². The molecule has 2 amide bonds.